The van der Waals surface area contributed by atoms with E-state index in [-0.39, 0.29) is 36.0 Å². The van der Waals surface area contributed by atoms with Gasteiger partial charge in [-0.3, -0.25) is 14.7 Å². The molecule has 0 spiro atoms. The van der Waals surface area contributed by atoms with Crippen molar-refractivity contribution in [2.75, 3.05) is 12.3 Å². The lowest BCUT2D eigenvalue weighted by atomic mass is 9.73. The van der Waals surface area contributed by atoms with Crippen LogP contribution >= 0.6 is 11.3 Å². The minimum atomic E-state index is -0.329. The number of hydrogen-bond acceptors (Lipinski definition) is 9. The van der Waals surface area contributed by atoms with E-state index >= 15 is 0 Å². The second-order valence-corrected chi connectivity index (χ2v) is 8.74. The second-order valence-electron chi connectivity index (χ2n) is 7.80. The minimum Gasteiger partial charge on any atom is -0.466 e. The molecule has 10 heteroatoms. The van der Waals surface area contributed by atoms with E-state index < -0.39 is 0 Å². The molecule has 0 saturated heterocycles. The summed E-state index contributed by atoms with van der Waals surface area (Å²) >= 11 is 1.35. The molecule has 0 unspecified atom stereocenters. The van der Waals surface area contributed by atoms with Crippen molar-refractivity contribution in [2.45, 2.75) is 45.4 Å². The van der Waals surface area contributed by atoms with Crippen molar-refractivity contribution in [3.63, 3.8) is 0 Å². The quantitative estimate of drug-likeness (QED) is 0.452. The molecular formula is C20H22N6O3S. The summed E-state index contributed by atoms with van der Waals surface area (Å²) < 4.78 is 4.94. The van der Waals surface area contributed by atoms with Crippen molar-refractivity contribution >= 4 is 29.0 Å². The monoisotopic (exact) mass is 426 g/mol. The number of esters is 1. The number of H-pyrrole nitrogens is 1. The number of carbonyl (C=O) groups is 2. The van der Waals surface area contributed by atoms with Crippen LogP contribution in [0.2, 0.25) is 0 Å². The van der Waals surface area contributed by atoms with Crippen LogP contribution in [0.3, 0.4) is 0 Å². The van der Waals surface area contributed by atoms with Gasteiger partial charge in [0.2, 0.25) is 5.95 Å². The number of thiazole rings is 1. The van der Waals surface area contributed by atoms with E-state index in [0.717, 1.165) is 11.1 Å². The third-order valence-corrected chi connectivity index (χ3v) is 5.90. The van der Waals surface area contributed by atoms with Crippen LogP contribution in [0, 0.1) is 0 Å². The number of aromatic amines is 1. The molecule has 3 heterocycles. The van der Waals surface area contributed by atoms with Crippen molar-refractivity contribution in [1.29, 1.82) is 0 Å². The molecule has 9 nitrogen and oxygen atoms in total. The summed E-state index contributed by atoms with van der Waals surface area (Å²) in [5.74, 6) is -0.267. The van der Waals surface area contributed by atoms with Crippen molar-refractivity contribution in [2.24, 2.45) is 0 Å². The molecule has 3 aromatic heterocycles. The standard InChI is InChI=1S/C20H22N6O3S/c1-4-29-14(28)5-11-9-30-13(23-11)6-12(27)17-15-18(26-25-17)16-10(7-20(15,2)3)8-22-19(21)24-16/h8-9H,4-7H2,1-3H3,(H,25,26)(H2,21,22,24). The zero-order valence-electron chi connectivity index (χ0n) is 17.0. The summed E-state index contributed by atoms with van der Waals surface area (Å²) in [6.07, 6.45) is 2.62. The normalized spacial score (nSPS) is 14.1. The lowest BCUT2D eigenvalue weighted by Gasteiger charge is -2.30. The predicted molar refractivity (Wildman–Crippen MR) is 111 cm³/mol. The van der Waals surface area contributed by atoms with E-state index in [9.17, 15) is 9.59 Å². The van der Waals surface area contributed by atoms with Crippen LogP contribution in [-0.2, 0) is 34.2 Å². The minimum absolute atomic E-state index is 0.100. The number of nitrogen functional groups attached to an aromatic ring is 1. The molecule has 30 heavy (non-hydrogen) atoms. The number of carbonyl (C=O) groups excluding carboxylic acids is 2. The SMILES string of the molecule is CCOC(=O)Cc1csc(CC(=O)c2[nH]nc3c2C(C)(C)Cc2cnc(N)nc2-3)n1. The van der Waals surface area contributed by atoms with Crippen molar-refractivity contribution in [3.05, 3.63) is 39.1 Å². The smallest absolute Gasteiger partial charge is 0.311 e. The molecular weight excluding hydrogens is 404 g/mol. The van der Waals surface area contributed by atoms with Crippen molar-refractivity contribution in [1.82, 2.24) is 25.1 Å². The van der Waals surface area contributed by atoms with E-state index in [1.807, 2.05) is 0 Å². The maximum Gasteiger partial charge on any atom is 0.311 e. The number of nitrogens with zero attached hydrogens (tertiary/aromatic N) is 4. The highest BCUT2D eigenvalue weighted by molar-refractivity contribution is 7.09. The summed E-state index contributed by atoms with van der Waals surface area (Å²) in [5, 5.41) is 9.72. The highest BCUT2D eigenvalue weighted by atomic mass is 32.1. The Morgan fingerprint density at radius 3 is 2.83 bits per heavy atom. The molecule has 0 amide bonds. The average molecular weight is 427 g/mol. The van der Waals surface area contributed by atoms with E-state index in [1.165, 1.54) is 11.3 Å². The van der Waals surface area contributed by atoms with Crippen molar-refractivity contribution in [3.8, 4) is 11.4 Å². The van der Waals surface area contributed by atoms with Crippen LogP contribution < -0.4 is 5.73 Å². The van der Waals surface area contributed by atoms with Gasteiger partial charge in [0.15, 0.2) is 5.78 Å². The maximum atomic E-state index is 13.1. The average Bonchev–Trinajstić information content (AvgIpc) is 3.30. The molecule has 0 fully saturated rings. The molecule has 0 bridgehead atoms. The van der Waals surface area contributed by atoms with E-state index in [0.29, 0.717) is 40.8 Å². The molecule has 1 aliphatic rings. The molecule has 3 N–H and O–H groups in total. The first-order chi connectivity index (χ1) is 14.3. The third kappa shape index (κ3) is 3.70. The summed E-state index contributed by atoms with van der Waals surface area (Å²) in [6, 6.07) is 0. The fourth-order valence-electron chi connectivity index (χ4n) is 3.79. The van der Waals surface area contributed by atoms with Crippen LogP contribution in [0.5, 0.6) is 0 Å². The first-order valence-corrected chi connectivity index (χ1v) is 10.5. The van der Waals surface area contributed by atoms with Gasteiger partial charge in [-0.25, -0.2) is 15.0 Å². The molecule has 156 valence electrons. The second kappa shape index (κ2) is 7.60. The van der Waals surface area contributed by atoms with Gasteiger partial charge in [-0.1, -0.05) is 13.8 Å². The number of anilines is 1. The van der Waals surface area contributed by atoms with Crippen LogP contribution in [0.25, 0.3) is 11.4 Å². The molecule has 4 rings (SSSR count). The number of aromatic nitrogens is 5. The van der Waals surface area contributed by atoms with Gasteiger partial charge < -0.3 is 10.5 Å². The van der Waals surface area contributed by atoms with Crippen LogP contribution in [0.1, 0.15) is 53.1 Å². The van der Waals surface area contributed by atoms with Gasteiger partial charge in [0.05, 0.1) is 30.8 Å². The maximum absolute atomic E-state index is 13.1. The van der Waals surface area contributed by atoms with Crippen LogP contribution in [0.15, 0.2) is 11.6 Å². The van der Waals surface area contributed by atoms with Crippen LogP contribution in [0.4, 0.5) is 5.95 Å². The largest absolute Gasteiger partial charge is 0.466 e. The van der Waals surface area contributed by atoms with Gasteiger partial charge >= 0.3 is 5.97 Å². The molecule has 3 aromatic rings. The van der Waals surface area contributed by atoms with Gasteiger partial charge in [-0.05, 0) is 24.3 Å². The van der Waals surface area contributed by atoms with E-state index in [4.69, 9.17) is 10.5 Å². The Hall–Kier alpha value is -3.14. The third-order valence-electron chi connectivity index (χ3n) is 5.00. The Balaban J connectivity index is 1.60. The molecule has 0 saturated carbocycles. The molecule has 0 aromatic carbocycles. The number of rotatable bonds is 6. The Kier molecular flexibility index (Phi) is 5.10. The zero-order valence-corrected chi connectivity index (χ0v) is 17.8. The van der Waals surface area contributed by atoms with Gasteiger partial charge in [0.25, 0.3) is 0 Å². The summed E-state index contributed by atoms with van der Waals surface area (Å²) in [4.78, 5) is 37.6. The Morgan fingerprint density at radius 1 is 1.27 bits per heavy atom. The fraction of sp³-hybridized carbons (Fsp3) is 0.400. The Labute approximate surface area is 177 Å². The van der Waals surface area contributed by atoms with E-state index in [2.05, 4.69) is 39.0 Å². The summed E-state index contributed by atoms with van der Waals surface area (Å²) in [6.45, 7) is 6.22. The molecule has 0 radical (unpaired) electrons. The number of nitrogens with one attached hydrogen (secondary N) is 1. The topological polar surface area (TPSA) is 137 Å². The zero-order chi connectivity index (χ0) is 21.5. The first kappa shape index (κ1) is 20.1. The lowest BCUT2D eigenvalue weighted by Crippen LogP contribution is -2.28. The highest BCUT2D eigenvalue weighted by Crippen LogP contribution is 2.42. The van der Waals surface area contributed by atoms with Gasteiger partial charge in [-0.2, -0.15) is 5.10 Å². The highest BCUT2D eigenvalue weighted by Gasteiger charge is 2.38. The number of Topliss-reactive ketones (excluding diaryl/α,β-unsaturated/α-hetero) is 1. The Bertz CT molecular complexity index is 1130. The molecule has 0 atom stereocenters. The number of hydrogen-bond donors (Lipinski definition) is 2. The summed E-state index contributed by atoms with van der Waals surface area (Å²) in [5.41, 5.74) is 9.60. The fourth-order valence-corrected chi connectivity index (χ4v) is 4.58. The van der Waals surface area contributed by atoms with Gasteiger partial charge in [0, 0.05) is 17.1 Å². The number of ketones is 1. The summed E-state index contributed by atoms with van der Waals surface area (Å²) in [7, 11) is 0. The van der Waals surface area contributed by atoms with Gasteiger partial charge in [-0.15, -0.1) is 11.3 Å². The van der Waals surface area contributed by atoms with Gasteiger partial charge in [0.1, 0.15) is 16.4 Å². The van der Waals surface area contributed by atoms with Crippen LogP contribution in [-0.4, -0.2) is 43.5 Å². The lowest BCUT2D eigenvalue weighted by molar-refractivity contribution is -0.142. The number of nitrogens with two attached hydrogens (primary N) is 1. The van der Waals surface area contributed by atoms with E-state index in [1.54, 1.807) is 18.5 Å². The molecule has 0 aliphatic heterocycles. The Morgan fingerprint density at radius 2 is 2.07 bits per heavy atom. The molecule has 1 aliphatic carbocycles. The number of ether oxygens (including phenoxy) is 1. The van der Waals surface area contributed by atoms with Crippen molar-refractivity contribution < 1.29 is 14.3 Å². The predicted octanol–water partition coefficient (Wildman–Crippen LogP) is 2.27. The number of fused-ring (bicyclic) bond motifs is 3. The first-order valence-electron chi connectivity index (χ1n) is 9.61.